The largest absolute Gasteiger partial charge is 0.480 e. The first-order chi connectivity index (χ1) is 16.9. The molecule has 192 valence electrons. The number of carboxylic acid groups (broad SMARTS) is 1. The molecule has 3 atom stereocenters. The number of carboxylic acids is 1. The summed E-state index contributed by atoms with van der Waals surface area (Å²) < 4.78 is 0. The molecule has 7 nitrogen and oxygen atoms in total. The number of likely N-dealkylation sites (tertiary alicyclic amines) is 1. The monoisotopic (exact) mass is 518 g/mol. The summed E-state index contributed by atoms with van der Waals surface area (Å²) in [5.74, 6) is 0.0724. The number of nitrogens with one attached hydrogen (secondary N) is 1. The predicted octanol–water partition coefficient (Wildman–Crippen LogP) is 2.69. The van der Waals surface area contributed by atoms with Crippen LogP contribution >= 0.6 is 24.4 Å². The van der Waals surface area contributed by atoms with Gasteiger partial charge in [-0.1, -0.05) is 42.5 Å². The first kappa shape index (κ1) is 27.8. The number of aliphatic carboxylic acids is 1. The molecule has 1 saturated heterocycles. The van der Waals surface area contributed by atoms with Gasteiger partial charge in [-0.05, 0) is 54.2 Å². The third-order valence-electron chi connectivity index (χ3n) is 6.56. The van der Waals surface area contributed by atoms with Crippen molar-refractivity contribution in [1.29, 1.82) is 0 Å². The average Bonchev–Trinajstić information content (AvgIpc) is 3.27. The van der Waals surface area contributed by atoms with Crippen molar-refractivity contribution in [3.63, 3.8) is 0 Å². The molecule has 0 aliphatic carbocycles. The Balaban J connectivity index is 1.77. The summed E-state index contributed by atoms with van der Waals surface area (Å²) in [4.78, 5) is 29.2. The zero-order chi connectivity index (χ0) is 25.2. The van der Waals surface area contributed by atoms with Crippen LogP contribution in [0.1, 0.15) is 24.8 Å². The molecule has 0 saturated carbocycles. The molecule has 1 heterocycles. The summed E-state index contributed by atoms with van der Waals surface area (Å²) in [6.07, 6.45) is 4.50. The van der Waals surface area contributed by atoms with Gasteiger partial charge in [0.2, 0.25) is 5.91 Å². The fourth-order valence-electron chi connectivity index (χ4n) is 4.79. The lowest BCUT2D eigenvalue weighted by atomic mass is 10.0. The maximum Gasteiger partial charge on any atom is 0.326 e. The standard InChI is InChI=1S/C26H38N4O3S2/c1-35-13-11-24(26(32)33)28-25(31)17-29(16-22-9-5-12-30(22)15-21(27)18-34)14-20-8-4-7-19-6-2-3-10-23(19)20/h2-4,6-8,10,21-22,24,34H,5,9,11-18,27H2,1H3,(H,28,31)(H,32,33)/t21?,22-,24?/m0/s1. The molecule has 1 aliphatic heterocycles. The van der Waals surface area contributed by atoms with Gasteiger partial charge in [-0.2, -0.15) is 24.4 Å². The van der Waals surface area contributed by atoms with Crippen molar-refractivity contribution < 1.29 is 14.7 Å². The van der Waals surface area contributed by atoms with E-state index in [1.54, 1.807) is 11.8 Å². The van der Waals surface area contributed by atoms with E-state index in [0.29, 0.717) is 30.5 Å². The van der Waals surface area contributed by atoms with Gasteiger partial charge < -0.3 is 16.2 Å². The minimum absolute atomic E-state index is 0.0153. The molecule has 3 rings (SSSR count). The Labute approximate surface area is 218 Å². The van der Waals surface area contributed by atoms with Crippen molar-refractivity contribution in [2.24, 2.45) is 5.73 Å². The second kappa shape index (κ2) is 14.1. The molecular formula is C26H38N4O3S2. The molecule has 2 aromatic carbocycles. The van der Waals surface area contributed by atoms with E-state index in [0.717, 1.165) is 38.0 Å². The van der Waals surface area contributed by atoms with Crippen LogP contribution in [0, 0.1) is 0 Å². The van der Waals surface area contributed by atoms with Gasteiger partial charge >= 0.3 is 5.97 Å². The molecule has 0 radical (unpaired) electrons. The van der Waals surface area contributed by atoms with Crippen molar-refractivity contribution in [2.45, 2.75) is 43.9 Å². The summed E-state index contributed by atoms with van der Waals surface area (Å²) in [6.45, 7) is 3.27. The number of thioether (sulfide) groups is 1. The highest BCUT2D eigenvalue weighted by Gasteiger charge is 2.29. The van der Waals surface area contributed by atoms with E-state index in [9.17, 15) is 14.7 Å². The third-order valence-corrected chi connectivity index (χ3v) is 7.67. The van der Waals surface area contributed by atoms with E-state index in [1.807, 2.05) is 24.5 Å². The molecule has 9 heteroatoms. The Morgan fingerprint density at radius 2 is 2.06 bits per heavy atom. The van der Waals surface area contributed by atoms with E-state index in [4.69, 9.17) is 5.73 Å². The Morgan fingerprint density at radius 1 is 1.29 bits per heavy atom. The fraction of sp³-hybridized carbons (Fsp3) is 0.538. The minimum Gasteiger partial charge on any atom is -0.480 e. The van der Waals surface area contributed by atoms with Gasteiger partial charge in [0.1, 0.15) is 6.04 Å². The van der Waals surface area contributed by atoms with Gasteiger partial charge in [0.05, 0.1) is 6.54 Å². The number of carbonyl (C=O) groups is 2. The SMILES string of the molecule is CSCCC(NC(=O)CN(Cc1cccc2ccccc12)C[C@@H]1CCCN1CC(N)CS)C(=O)O. The van der Waals surface area contributed by atoms with Gasteiger partial charge in [-0.3, -0.25) is 14.6 Å². The number of rotatable bonds is 14. The lowest BCUT2D eigenvalue weighted by Gasteiger charge is -2.32. The van der Waals surface area contributed by atoms with Crippen LogP contribution in [0.2, 0.25) is 0 Å². The van der Waals surface area contributed by atoms with Crippen LogP contribution in [-0.4, -0.2) is 88.8 Å². The van der Waals surface area contributed by atoms with Crippen molar-refractivity contribution >= 4 is 47.0 Å². The van der Waals surface area contributed by atoms with Gasteiger partial charge in [0, 0.05) is 37.5 Å². The van der Waals surface area contributed by atoms with Crippen molar-refractivity contribution in [1.82, 2.24) is 15.1 Å². The summed E-state index contributed by atoms with van der Waals surface area (Å²) in [7, 11) is 0. The van der Waals surface area contributed by atoms with E-state index in [-0.39, 0.29) is 18.5 Å². The number of amides is 1. The highest BCUT2D eigenvalue weighted by molar-refractivity contribution is 7.98. The number of fused-ring (bicyclic) bond motifs is 1. The highest BCUT2D eigenvalue weighted by Crippen LogP contribution is 2.23. The fourth-order valence-corrected chi connectivity index (χ4v) is 5.38. The molecule has 1 amide bonds. The quantitative estimate of drug-likeness (QED) is 0.286. The van der Waals surface area contributed by atoms with Crippen LogP contribution in [0.3, 0.4) is 0 Å². The summed E-state index contributed by atoms with van der Waals surface area (Å²) >= 11 is 5.91. The summed E-state index contributed by atoms with van der Waals surface area (Å²) in [5, 5.41) is 14.6. The number of hydrogen-bond acceptors (Lipinski definition) is 7. The molecule has 1 fully saturated rings. The third kappa shape index (κ3) is 8.39. The van der Waals surface area contributed by atoms with E-state index in [2.05, 4.69) is 52.0 Å². The molecule has 0 bridgehead atoms. The average molecular weight is 519 g/mol. The van der Waals surface area contributed by atoms with Crippen LogP contribution in [0.4, 0.5) is 0 Å². The predicted molar refractivity (Wildman–Crippen MR) is 148 cm³/mol. The van der Waals surface area contributed by atoms with Crippen molar-refractivity contribution in [3.8, 4) is 0 Å². The maximum absolute atomic E-state index is 13.0. The van der Waals surface area contributed by atoms with E-state index < -0.39 is 12.0 Å². The van der Waals surface area contributed by atoms with Gasteiger partial charge in [-0.15, -0.1) is 0 Å². The molecule has 1 aliphatic rings. The summed E-state index contributed by atoms with van der Waals surface area (Å²) in [6, 6.07) is 14.0. The molecule has 0 aromatic heterocycles. The number of thiol groups is 1. The lowest BCUT2D eigenvalue weighted by molar-refractivity contribution is -0.142. The van der Waals surface area contributed by atoms with Crippen LogP contribution in [0.25, 0.3) is 10.8 Å². The molecule has 2 aromatic rings. The number of nitrogens with two attached hydrogens (primary N) is 1. The Bertz CT molecular complexity index is 971. The zero-order valence-electron chi connectivity index (χ0n) is 20.4. The van der Waals surface area contributed by atoms with Crippen LogP contribution in [-0.2, 0) is 16.1 Å². The Kier molecular flexibility index (Phi) is 11.2. The first-order valence-electron chi connectivity index (χ1n) is 12.2. The van der Waals surface area contributed by atoms with Crippen LogP contribution < -0.4 is 11.1 Å². The molecular weight excluding hydrogens is 480 g/mol. The first-order valence-corrected chi connectivity index (χ1v) is 14.2. The maximum atomic E-state index is 13.0. The second-order valence-electron chi connectivity index (χ2n) is 9.28. The second-order valence-corrected chi connectivity index (χ2v) is 10.6. The zero-order valence-corrected chi connectivity index (χ0v) is 22.1. The minimum atomic E-state index is -0.990. The topological polar surface area (TPSA) is 98.9 Å². The molecule has 35 heavy (non-hydrogen) atoms. The van der Waals surface area contributed by atoms with Crippen molar-refractivity contribution in [3.05, 3.63) is 48.0 Å². The van der Waals surface area contributed by atoms with E-state index in [1.165, 1.54) is 10.8 Å². The number of nitrogens with zero attached hydrogens (tertiary/aromatic N) is 2. The molecule has 4 N–H and O–H groups in total. The van der Waals surface area contributed by atoms with Gasteiger partial charge in [0.15, 0.2) is 0 Å². The van der Waals surface area contributed by atoms with E-state index >= 15 is 0 Å². The normalized spacial score (nSPS) is 18.1. The smallest absolute Gasteiger partial charge is 0.326 e. The number of hydrogen-bond donors (Lipinski definition) is 4. The number of benzene rings is 2. The molecule has 2 unspecified atom stereocenters. The Morgan fingerprint density at radius 3 is 2.80 bits per heavy atom. The van der Waals surface area contributed by atoms with Gasteiger partial charge in [0.25, 0.3) is 0 Å². The van der Waals surface area contributed by atoms with Crippen molar-refractivity contribution in [2.75, 3.05) is 43.9 Å². The Hall–Kier alpha value is -1.78. The summed E-state index contributed by atoms with van der Waals surface area (Å²) in [5.41, 5.74) is 7.34. The highest BCUT2D eigenvalue weighted by atomic mass is 32.2. The van der Waals surface area contributed by atoms with Gasteiger partial charge in [-0.25, -0.2) is 4.79 Å². The molecule has 0 spiro atoms. The number of carbonyl (C=O) groups excluding carboxylic acids is 1. The lowest BCUT2D eigenvalue weighted by Crippen LogP contribution is -2.49. The van der Waals surface area contributed by atoms with Crippen LogP contribution in [0.5, 0.6) is 0 Å². The van der Waals surface area contributed by atoms with Crippen LogP contribution in [0.15, 0.2) is 42.5 Å².